The van der Waals surface area contributed by atoms with Crippen molar-refractivity contribution in [3.63, 3.8) is 0 Å². The van der Waals surface area contributed by atoms with E-state index in [4.69, 9.17) is 4.74 Å². The third kappa shape index (κ3) is 4.80. The van der Waals surface area contributed by atoms with E-state index in [2.05, 4.69) is 12.0 Å². The molecule has 0 aliphatic carbocycles. The number of rotatable bonds is 8. The molecular formula is C21H31N3O5S2. The average Bonchev–Trinajstić information content (AvgIpc) is 3.04. The highest BCUT2D eigenvalue weighted by Gasteiger charge is 2.35. The lowest BCUT2D eigenvalue weighted by molar-refractivity contribution is 0.281. The molecule has 31 heavy (non-hydrogen) atoms. The first-order chi connectivity index (χ1) is 14.6. The van der Waals surface area contributed by atoms with E-state index < -0.39 is 20.0 Å². The predicted molar refractivity (Wildman–Crippen MR) is 118 cm³/mol. The van der Waals surface area contributed by atoms with Crippen LogP contribution in [0.1, 0.15) is 50.9 Å². The van der Waals surface area contributed by atoms with Crippen molar-refractivity contribution in [2.24, 2.45) is 5.92 Å². The second-order valence-corrected chi connectivity index (χ2v) is 11.8. The zero-order chi connectivity index (χ0) is 22.8. The molecule has 0 amide bonds. The number of hydrogen-bond acceptors (Lipinski definition) is 6. The molecule has 3 rings (SSSR count). The molecule has 0 N–H and O–H groups in total. The number of ether oxygens (including phenoxy) is 1. The fourth-order valence-electron chi connectivity index (χ4n) is 3.85. The van der Waals surface area contributed by atoms with Gasteiger partial charge < -0.3 is 4.74 Å². The highest BCUT2D eigenvalue weighted by atomic mass is 32.2. The first-order valence-electron chi connectivity index (χ1n) is 10.6. The Labute approximate surface area is 185 Å². The van der Waals surface area contributed by atoms with Crippen molar-refractivity contribution in [3.8, 4) is 5.75 Å². The molecular weight excluding hydrogens is 438 g/mol. The summed E-state index contributed by atoms with van der Waals surface area (Å²) in [5.41, 5.74) is 0.276. The Hall–Kier alpha value is -1.91. The molecule has 0 bridgehead atoms. The zero-order valence-electron chi connectivity index (χ0n) is 18.5. The van der Waals surface area contributed by atoms with Gasteiger partial charge >= 0.3 is 0 Å². The van der Waals surface area contributed by atoms with Gasteiger partial charge in [-0.1, -0.05) is 20.3 Å². The van der Waals surface area contributed by atoms with Crippen LogP contribution in [0.5, 0.6) is 5.75 Å². The van der Waals surface area contributed by atoms with Gasteiger partial charge in [-0.3, -0.25) is 0 Å². The van der Waals surface area contributed by atoms with E-state index in [1.165, 1.54) is 30.3 Å². The molecule has 0 saturated carbocycles. The molecule has 2 heterocycles. The molecule has 1 aliphatic rings. The van der Waals surface area contributed by atoms with E-state index in [0.717, 1.165) is 29.8 Å². The zero-order valence-corrected chi connectivity index (χ0v) is 20.2. The molecule has 1 atom stereocenters. The van der Waals surface area contributed by atoms with Gasteiger partial charge in [0.2, 0.25) is 10.0 Å². The summed E-state index contributed by atoms with van der Waals surface area (Å²) in [5.74, 6) is 0.851. The summed E-state index contributed by atoms with van der Waals surface area (Å²) in [6.45, 7) is 8.53. The van der Waals surface area contributed by atoms with Gasteiger partial charge in [0.25, 0.3) is 10.0 Å². The first-order valence-corrected chi connectivity index (χ1v) is 13.5. The van der Waals surface area contributed by atoms with Gasteiger partial charge in [-0.25, -0.2) is 8.42 Å². The number of aryl methyl sites for hydroxylation is 1. The van der Waals surface area contributed by atoms with E-state index in [0.29, 0.717) is 25.4 Å². The Balaban J connectivity index is 1.93. The molecule has 0 radical (unpaired) electrons. The summed E-state index contributed by atoms with van der Waals surface area (Å²) >= 11 is 0. The van der Waals surface area contributed by atoms with E-state index in [1.54, 1.807) is 12.1 Å². The highest BCUT2D eigenvalue weighted by molar-refractivity contribution is 7.90. The first kappa shape index (κ1) is 23.7. The maximum Gasteiger partial charge on any atom is 0.283 e. The Bertz CT molecular complexity index is 1120. The topological polar surface area (TPSA) is 98.6 Å². The van der Waals surface area contributed by atoms with Crippen LogP contribution in [0.25, 0.3) is 0 Å². The minimum atomic E-state index is -4.05. The Morgan fingerprint density at radius 1 is 1.10 bits per heavy atom. The number of nitrogens with zero attached hydrogens (tertiary/aromatic N) is 3. The molecule has 1 aliphatic heterocycles. The number of sulfonamides is 1. The molecule has 8 nitrogen and oxygen atoms in total. The van der Waals surface area contributed by atoms with Gasteiger partial charge in [0.05, 0.1) is 22.9 Å². The lowest BCUT2D eigenvalue weighted by atomic mass is 10.0. The van der Waals surface area contributed by atoms with Crippen LogP contribution in [0.3, 0.4) is 0 Å². The largest absolute Gasteiger partial charge is 0.494 e. The number of piperidine rings is 1. The quantitative estimate of drug-likeness (QED) is 0.550. The minimum Gasteiger partial charge on any atom is -0.494 e. The molecule has 0 spiro atoms. The number of unbranched alkanes of at least 4 members (excludes halogenated alkanes) is 1. The van der Waals surface area contributed by atoms with Crippen molar-refractivity contribution in [3.05, 3.63) is 35.7 Å². The monoisotopic (exact) mass is 469 g/mol. The van der Waals surface area contributed by atoms with Crippen molar-refractivity contribution < 1.29 is 21.6 Å². The van der Waals surface area contributed by atoms with E-state index in [9.17, 15) is 16.8 Å². The Morgan fingerprint density at radius 3 is 2.39 bits per heavy atom. The Kier molecular flexibility index (Phi) is 7.12. The van der Waals surface area contributed by atoms with Crippen molar-refractivity contribution in [2.45, 2.75) is 63.2 Å². The highest BCUT2D eigenvalue weighted by Crippen LogP contribution is 2.29. The van der Waals surface area contributed by atoms with Crippen molar-refractivity contribution in [1.29, 1.82) is 0 Å². The molecule has 2 aromatic rings. The summed E-state index contributed by atoms with van der Waals surface area (Å²) in [7, 11) is -7.88. The normalized spacial score (nSPS) is 18.3. The van der Waals surface area contributed by atoms with Crippen LogP contribution in [0.15, 0.2) is 34.1 Å². The third-order valence-electron chi connectivity index (χ3n) is 5.52. The maximum atomic E-state index is 13.3. The van der Waals surface area contributed by atoms with Crippen LogP contribution in [-0.4, -0.2) is 50.0 Å². The fourth-order valence-corrected chi connectivity index (χ4v) is 7.22. The summed E-state index contributed by atoms with van der Waals surface area (Å²) in [6, 6.07) is 6.10. The second kappa shape index (κ2) is 9.30. The summed E-state index contributed by atoms with van der Waals surface area (Å²) in [5, 5.41) is 4.11. The van der Waals surface area contributed by atoms with Gasteiger partial charge in [-0.2, -0.15) is 21.9 Å². The molecule has 0 unspecified atom stereocenters. The molecule has 172 valence electrons. The lowest BCUT2D eigenvalue weighted by Crippen LogP contribution is -2.39. The number of hydrogen-bond donors (Lipinski definition) is 0. The van der Waals surface area contributed by atoms with Crippen molar-refractivity contribution in [1.82, 2.24) is 13.5 Å². The number of benzene rings is 1. The van der Waals surface area contributed by atoms with E-state index in [-0.39, 0.29) is 27.1 Å². The summed E-state index contributed by atoms with van der Waals surface area (Å²) < 4.78 is 60.8. The number of aromatic nitrogens is 2. The molecule has 10 heteroatoms. The van der Waals surface area contributed by atoms with Gasteiger partial charge in [-0.05, 0) is 63.3 Å². The van der Waals surface area contributed by atoms with Gasteiger partial charge in [-0.15, -0.1) is 0 Å². The van der Waals surface area contributed by atoms with Crippen LogP contribution in [-0.2, 0) is 20.0 Å². The minimum absolute atomic E-state index is 0.0234. The standard InChI is InChI=1S/C21H31N3O5S2/c1-5-6-14-29-19-9-11-20(12-10-19)30(25,26)24-18(4)21(17(3)22-24)31(27,28)23-13-7-8-16(2)15-23/h9-12,16H,5-8,13-15H2,1-4H3/t16-/m0/s1. The molecule has 1 aromatic carbocycles. The van der Waals surface area contributed by atoms with Crippen LogP contribution < -0.4 is 4.74 Å². The van der Waals surface area contributed by atoms with E-state index in [1.807, 2.05) is 6.92 Å². The molecule has 1 fully saturated rings. The van der Waals surface area contributed by atoms with Crippen molar-refractivity contribution >= 4 is 20.0 Å². The average molecular weight is 470 g/mol. The van der Waals surface area contributed by atoms with Crippen LogP contribution in [0.2, 0.25) is 0 Å². The lowest BCUT2D eigenvalue weighted by Gasteiger charge is -2.30. The van der Waals surface area contributed by atoms with Crippen LogP contribution in [0, 0.1) is 19.8 Å². The third-order valence-corrected chi connectivity index (χ3v) is 9.32. The molecule has 1 saturated heterocycles. The Morgan fingerprint density at radius 2 is 1.77 bits per heavy atom. The van der Waals surface area contributed by atoms with Gasteiger partial charge in [0.1, 0.15) is 10.6 Å². The second-order valence-electron chi connectivity index (χ2n) is 8.13. The van der Waals surface area contributed by atoms with Crippen LogP contribution >= 0.6 is 0 Å². The fraction of sp³-hybridized carbons (Fsp3) is 0.571. The summed E-state index contributed by atoms with van der Waals surface area (Å²) in [6.07, 6.45) is 3.69. The van der Waals surface area contributed by atoms with E-state index >= 15 is 0 Å². The summed E-state index contributed by atoms with van der Waals surface area (Å²) in [4.78, 5) is 0.00109. The van der Waals surface area contributed by atoms with Crippen molar-refractivity contribution in [2.75, 3.05) is 19.7 Å². The SMILES string of the molecule is CCCCOc1ccc(S(=O)(=O)n2nc(C)c(S(=O)(=O)N3CCC[C@H](C)C3)c2C)cc1. The van der Waals surface area contributed by atoms with Gasteiger partial charge in [0.15, 0.2) is 0 Å². The maximum absolute atomic E-state index is 13.3. The smallest absolute Gasteiger partial charge is 0.283 e. The van der Waals surface area contributed by atoms with Gasteiger partial charge in [0, 0.05) is 13.1 Å². The predicted octanol–water partition coefficient (Wildman–Crippen LogP) is 3.34. The van der Waals surface area contributed by atoms with Crippen LogP contribution in [0.4, 0.5) is 0 Å². The molecule has 1 aromatic heterocycles.